The van der Waals surface area contributed by atoms with E-state index in [0.717, 1.165) is 10.0 Å². The van der Waals surface area contributed by atoms with E-state index in [9.17, 15) is 4.79 Å². The van der Waals surface area contributed by atoms with Crippen molar-refractivity contribution in [1.29, 1.82) is 0 Å². The average molecular weight is 307 g/mol. The molecule has 0 aromatic heterocycles. The van der Waals surface area contributed by atoms with Gasteiger partial charge in [-0.1, -0.05) is 6.07 Å². The van der Waals surface area contributed by atoms with Crippen molar-refractivity contribution < 1.29 is 9.90 Å². The monoisotopic (exact) mass is 306 g/mol. The van der Waals surface area contributed by atoms with Crippen LogP contribution in [0.5, 0.6) is 0 Å². The molecule has 5 N–H and O–H groups in total. The number of rotatable bonds is 2. The molecule has 18 heavy (non-hydrogen) atoms. The first-order chi connectivity index (χ1) is 8.49. The number of benzene rings is 2. The quantitative estimate of drug-likeness (QED) is 0.744. The maximum atomic E-state index is 11.2. The number of nitrogens with two attached hydrogens (primary N) is 2. The summed E-state index contributed by atoms with van der Waals surface area (Å²) in [6, 6.07) is 9.96. The fraction of sp³-hybridized carbons (Fsp3) is 0. The molecule has 2 aromatic rings. The number of hydrogen-bond donors (Lipinski definition) is 3. The Hall–Kier alpha value is -2.01. The van der Waals surface area contributed by atoms with Crippen molar-refractivity contribution in [3.05, 3.63) is 46.4 Å². The summed E-state index contributed by atoms with van der Waals surface area (Å²) in [7, 11) is 0. The lowest BCUT2D eigenvalue weighted by molar-refractivity contribution is 0.0698. The Balaban J connectivity index is 2.65. The van der Waals surface area contributed by atoms with Crippen LogP contribution in [0.3, 0.4) is 0 Å². The third kappa shape index (κ3) is 2.31. The molecule has 0 atom stereocenters. The predicted octanol–water partition coefficient (Wildman–Crippen LogP) is 2.98. The van der Waals surface area contributed by atoms with Gasteiger partial charge in [-0.2, -0.15) is 0 Å². The van der Waals surface area contributed by atoms with E-state index < -0.39 is 5.97 Å². The molecule has 2 aromatic carbocycles. The second kappa shape index (κ2) is 4.70. The summed E-state index contributed by atoms with van der Waals surface area (Å²) in [5.41, 5.74) is 14.1. The highest BCUT2D eigenvalue weighted by atomic mass is 79.9. The number of carbonyl (C=O) groups is 1. The van der Waals surface area contributed by atoms with Gasteiger partial charge in [-0.3, -0.25) is 0 Å². The maximum absolute atomic E-state index is 11.2. The van der Waals surface area contributed by atoms with E-state index >= 15 is 0 Å². The molecule has 0 aliphatic heterocycles. The molecule has 5 heteroatoms. The van der Waals surface area contributed by atoms with Gasteiger partial charge in [0.05, 0.1) is 5.56 Å². The fourth-order valence-electron chi connectivity index (χ4n) is 1.68. The minimum absolute atomic E-state index is 0.209. The van der Waals surface area contributed by atoms with Crippen LogP contribution in [0.1, 0.15) is 10.4 Å². The molecule has 0 spiro atoms. The Labute approximate surface area is 112 Å². The van der Waals surface area contributed by atoms with E-state index in [1.54, 1.807) is 30.3 Å². The number of carboxylic acid groups (broad SMARTS) is 1. The molecule has 0 saturated heterocycles. The van der Waals surface area contributed by atoms with Crippen LogP contribution in [0.25, 0.3) is 11.1 Å². The number of carboxylic acids is 1. The van der Waals surface area contributed by atoms with Gasteiger partial charge in [0.1, 0.15) is 0 Å². The largest absolute Gasteiger partial charge is 0.478 e. The van der Waals surface area contributed by atoms with Crippen molar-refractivity contribution in [3.8, 4) is 11.1 Å². The molecule has 4 nitrogen and oxygen atoms in total. The molecule has 0 aliphatic rings. The van der Waals surface area contributed by atoms with Crippen molar-refractivity contribution in [1.82, 2.24) is 0 Å². The zero-order valence-electron chi connectivity index (χ0n) is 9.35. The Bertz CT molecular complexity index is 626. The van der Waals surface area contributed by atoms with Crippen molar-refractivity contribution in [2.45, 2.75) is 0 Å². The standard InChI is InChI=1S/C13H11BrN2O2/c14-11-5-7(1-4-12(11)16)10-6-8(15)2-3-9(10)13(17)18/h1-6H,15-16H2,(H,17,18). The van der Waals surface area contributed by atoms with Gasteiger partial charge in [-0.05, 0) is 57.4 Å². The van der Waals surface area contributed by atoms with E-state index in [0.29, 0.717) is 16.9 Å². The van der Waals surface area contributed by atoms with Crippen molar-refractivity contribution >= 4 is 33.3 Å². The molecule has 0 saturated carbocycles. The van der Waals surface area contributed by atoms with Crippen LogP contribution in [0, 0.1) is 0 Å². The second-order valence-corrected chi connectivity index (χ2v) is 4.70. The van der Waals surface area contributed by atoms with E-state index in [1.807, 2.05) is 0 Å². The topological polar surface area (TPSA) is 89.3 Å². The summed E-state index contributed by atoms with van der Waals surface area (Å²) in [4.78, 5) is 11.2. The van der Waals surface area contributed by atoms with Crippen LogP contribution in [-0.2, 0) is 0 Å². The summed E-state index contributed by atoms with van der Waals surface area (Å²) < 4.78 is 0.721. The van der Waals surface area contributed by atoms with Crippen LogP contribution < -0.4 is 11.5 Å². The minimum atomic E-state index is -0.988. The zero-order chi connectivity index (χ0) is 13.3. The van der Waals surface area contributed by atoms with Gasteiger partial charge in [0.15, 0.2) is 0 Å². The third-order valence-corrected chi connectivity index (χ3v) is 3.27. The van der Waals surface area contributed by atoms with E-state index in [-0.39, 0.29) is 5.56 Å². The SMILES string of the molecule is Nc1ccc(C(=O)O)c(-c2ccc(N)c(Br)c2)c1. The summed E-state index contributed by atoms with van der Waals surface area (Å²) in [5.74, 6) is -0.988. The Morgan fingerprint density at radius 1 is 1.11 bits per heavy atom. The molecule has 92 valence electrons. The molecule has 0 bridgehead atoms. The summed E-state index contributed by atoms with van der Waals surface area (Å²) in [6.07, 6.45) is 0. The Kier molecular flexibility index (Phi) is 3.25. The smallest absolute Gasteiger partial charge is 0.336 e. The molecule has 0 heterocycles. The number of aromatic carboxylic acids is 1. The molecule has 0 fully saturated rings. The third-order valence-electron chi connectivity index (χ3n) is 2.59. The number of hydrogen-bond acceptors (Lipinski definition) is 3. The van der Waals surface area contributed by atoms with Gasteiger partial charge in [0.25, 0.3) is 0 Å². The average Bonchev–Trinajstić information content (AvgIpc) is 2.32. The van der Waals surface area contributed by atoms with Crippen molar-refractivity contribution in [2.24, 2.45) is 0 Å². The van der Waals surface area contributed by atoms with Crippen LogP contribution in [0.15, 0.2) is 40.9 Å². The summed E-state index contributed by atoms with van der Waals surface area (Å²) in [5, 5.41) is 9.16. The Morgan fingerprint density at radius 3 is 2.44 bits per heavy atom. The summed E-state index contributed by atoms with van der Waals surface area (Å²) >= 11 is 3.32. The second-order valence-electron chi connectivity index (χ2n) is 3.85. The summed E-state index contributed by atoms with van der Waals surface area (Å²) in [6.45, 7) is 0. The van der Waals surface area contributed by atoms with Gasteiger partial charge < -0.3 is 16.6 Å². The highest BCUT2D eigenvalue weighted by molar-refractivity contribution is 9.10. The first-order valence-electron chi connectivity index (χ1n) is 5.17. The Morgan fingerprint density at radius 2 is 1.83 bits per heavy atom. The first-order valence-corrected chi connectivity index (χ1v) is 5.96. The lowest BCUT2D eigenvalue weighted by Crippen LogP contribution is -2.01. The highest BCUT2D eigenvalue weighted by Crippen LogP contribution is 2.30. The van der Waals surface area contributed by atoms with Gasteiger partial charge in [-0.25, -0.2) is 4.79 Å². The van der Waals surface area contributed by atoms with Crippen LogP contribution in [-0.4, -0.2) is 11.1 Å². The molecule has 0 aliphatic carbocycles. The van der Waals surface area contributed by atoms with E-state index in [1.165, 1.54) is 6.07 Å². The van der Waals surface area contributed by atoms with Crippen LogP contribution in [0.4, 0.5) is 11.4 Å². The van der Waals surface area contributed by atoms with Gasteiger partial charge in [0.2, 0.25) is 0 Å². The molecule has 0 radical (unpaired) electrons. The highest BCUT2D eigenvalue weighted by Gasteiger charge is 2.12. The van der Waals surface area contributed by atoms with Gasteiger partial charge in [0, 0.05) is 15.8 Å². The fourth-order valence-corrected chi connectivity index (χ4v) is 2.06. The molecule has 2 rings (SSSR count). The van der Waals surface area contributed by atoms with Gasteiger partial charge >= 0.3 is 5.97 Å². The van der Waals surface area contributed by atoms with Gasteiger partial charge in [-0.15, -0.1) is 0 Å². The van der Waals surface area contributed by atoms with E-state index in [4.69, 9.17) is 16.6 Å². The van der Waals surface area contributed by atoms with Crippen LogP contribution in [0.2, 0.25) is 0 Å². The molecular weight excluding hydrogens is 296 g/mol. The van der Waals surface area contributed by atoms with Crippen molar-refractivity contribution in [2.75, 3.05) is 11.5 Å². The zero-order valence-corrected chi connectivity index (χ0v) is 10.9. The molecular formula is C13H11BrN2O2. The van der Waals surface area contributed by atoms with Crippen molar-refractivity contribution in [3.63, 3.8) is 0 Å². The molecule has 0 amide bonds. The van der Waals surface area contributed by atoms with E-state index in [2.05, 4.69) is 15.9 Å². The molecule has 0 unspecified atom stereocenters. The maximum Gasteiger partial charge on any atom is 0.336 e. The number of nitrogen functional groups attached to an aromatic ring is 2. The number of halogens is 1. The number of anilines is 2. The lowest BCUT2D eigenvalue weighted by atomic mass is 9.99. The predicted molar refractivity (Wildman–Crippen MR) is 75.4 cm³/mol. The lowest BCUT2D eigenvalue weighted by Gasteiger charge is -2.09. The van der Waals surface area contributed by atoms with Crippen LogP contribution >= 0.6 is 15.9 Å². The first kappa shape index (κ1) is 12.4. The normalized spacial score (nSPS) is 10.3. The minimum Gasteiger partial charge on any atom is -0.478 e.